The fraction of sp³-hybridized carbons (Fsp3) is 0.294. The molecule has 0 saturated heterocycles. The van der Waals surface area contributed by atoms with Crippen molar-refractivity contribution in [3.8, 4) is 0 Å². The zero-order chi connectivity index (χ0) is 16.4. The third-order valence-corrected chi connectivity index (χ3v) is 5.85. The second-order valence-electron chi connectivity index (χ2n) is 5.65. The molecular formula is C17H18N2O3S. The van der Waals surface area contributed by atoms with Crippen molar-refractivity contribution < 1.29 is 13.2 Å². The van der Waals surface area contributed by atoms with Crippen LogP contribution in [-0.2, 0) is 14.6 Å². The van der Waals surface area contributed by atoms with Crippen LogP contribution >= 0.6 is 0 Å². The number of aromatic nitrogens is 1. The fourth-order valence-corrected chi connectivity index (χ4v) is 3.48. The second kappa shape index (κ2) is 6.12. The number of anilines is 1. The molecule has 120 valence electrons. The Hall–Kier alpha value is -2.21. The number of amides is 1. The van der Waals surface area contributed by atoms with E-state index in [0.717, 1.165) is 12.0 Å². The number of hydrogen-bond donors (Lipinski definition) is 1. The van der Waals surface area contributed by atoms with E-state index in [1.165, 1.54) is 12.1 Å². The first-order valence-corrected chi connectivity index (χ1v) is 9.20. The summed E-state index contributed by atoms with van der Waals surface area (Å²) in [6, 6.07) is 10.2. The molecule has 6 heteroatoms. The highest BCUT2D eigenvalue weighted by Crippen LogP contribution is 2.47. The van der Waals surface area contributed by atoms with Gasteiger partial charge in [0.15, 0.2) is 9.84 Å². The van der Waals surface area contributed by atoms with E-state index < -0.39 is 9.84 Å². The molecule has 0 radical (unpaired) electrons. The Morgan fingerprint density at radius 1 is 1.26 bits per heavy atom. The van der Waals surface area contributed by atoms with Crippen molar-refractivity contribution in [3.05, 3.63) is 54.4 Å². The summed E-state index contributed by atoms with van der Waals surface area (Å²) < 4.78 is 23.5. The molecule has 2 aromatic rings. The van der Waals surface area contributed by atoms with Crippen LogP contribution in [0.4, 0.5) is 5.69 Å². The predicted octanol–water partition coefficient (Wildman–Crippen LogP) is 2.62. The summed E-state index contributed by atoms with van der Waals surface area (Å²) in [5.74, 6) is 0.208. The van der Waals surface area contributed by atoms with E-state index in [0.29, 0.717) is 5.69 Å². The molecule has 1 heterocycles. The lowest BCUT2D eigenvalue weighted by Crippen LogP contribution is -2.14. The van der Waals surface area contributed by atoms with Crippen LogP contribution in [0.25, 0.3) is 0 Å². The number of carbonyl (C=O) groups excluding carboxylic acids is 1. The predicted molar refractivity (Wildman–Crippen MR) is 87.9 cm³/mol. The Morgan fingerprint density at radius 3 is 2.61 bits per heavy atom. The molecule has 1 aliphatic carbocycles. The number of nitrogens with one attached hydrogen (secondary N) is 1. The molecule has 0 spiro atoms. The molecule has 1 amide bonds. The van der Waals surface area contributed by atoms with Crippen LogP contribution in [0, 0.1) is 5.92 Å². The van der Waals surface area contributed by atoms with Crippen molar-refractivity contribution in [2.75, 3.05) is 11.1 Å². The maximum Gasteiger partial charge on any atom is 0.228 e. The average molecular weight is 330 g/mol. The molecule has 1 aromatic heterocycles. The van der Waals surface area contributed by atoms with Crippen molar-refractivity contribution in [1.82, 2.24) is 4.98 Å². The Morgan fingerprint density at radius 2 is 2.00 bits per heavy atom. The largest absolute Gasteiger partial charge is 0.326 e. The van der Waals surface area contributed by atoms with Gasteiger partial charge >= 0.3 is 0 Å². The number of nitrogens with zero attached hydrogens (tertiary/aromatic N) is 1. The lowest BCUT2D eigenvalue weighted by molar-refractivity contribution is -0.117. The highest BCUT2D eigenvalue weighted by Gasteiger charge is 2.44. The molecule has 0 unspecified atom stereocenters. The molecule has 1 fully saturated rings. The summed E-state index contributed by atoms with van der Waals surface area (Å²) in [5.41, 5.74) is 1.69. The molecular weight excluding hydrogens is 312 g/mol. The molecule has 5 nitrogen and oxygen atoms in total. The SMILES string of the molecule is CCS(=O)(=O)c1ccc(NC(=O)[C@H]2C[C@H]2c2cccnc2)cc1. The fourth-order valence-electron chi connectivity index (χ4n) is 2.60. The van der Waals surface area contributed by atoms with E-state index >= 15 is 0 Å². The number of hydrogen-bond acceptors (Lipinski definition) is 4. The Labute approximate surface area is 135 Å². The Balaban J connectivity index is 1.63. The van der Waals surface area contributed by atoms with E-state index in [9.17, 15) is 13.2 Å². The summed E-state index contributed by atoms with van der Waals surface area (Å²) in [7, 11) is -3.21. The van der Waals surface area contributed by atoms with E-state index in [-0.39, 0.29) is 28.4 Å². The summed E-state index contributed by atoms with van der Waals surface area (Å²) in [6.07, 6.45) is 4.33. The van der Waals surface area contributed by atoms with Crippen molar-refractivity contribution >= 4 is 21.4 Å². The van der Waals surface area contributed by atoms with Crippen LogP contribution in [0.5, 0.6) is 0 Å². The highest BCUT2D eigenvalue weighted by molar-refractivity contribution is 7.91. The van der Waals surface area contributed by atoms with Gasteiger partial charge in [0, 0.05) is 24.0 Å². The minimum atomic E-state index is -3.21. The maximum absolute atomic E-state index is 12.2. The number of benzene rings is 1. The molecule has 1 aliphatic rings. The lowest BCUT2D eigenvalue weighted by Gasteiger charge is -2.06. The van der Waals surface area contributed by atoms with Crippen LogP contribution in [-0.4, -0.2) is 25.1 Å². The second-order valence-corrected chi connectivity index (χ2v) is 7.93. The maximum atomic E-state index is 12.2. The van der Waals surface area contributed by atoms with Crippen molar-refractivity contribution in [3.63, 3.8) is 0 Å². The van der Waals surface area contributed by atoms with Gasteiger partial charge in [0.1, 0.15) is 0 Å². The van der Waals surface area contributed by atoms with Gasteiger partial charge < -0.3 is 5.32 Å². The Bertz CT molecular complexity index is 801. The third kappa shape index (κ3) is 3.42. The molecule has 23 heavy (non-hydrogen) atoms. The van der Waals surface area contributed by atoms with Gasteiger partial charge in [-0.1, -0.05) is 13.0 Å². The minimum absolute atomic E-state index is 0.0371. The van der Waals surface area contributed by atoms with Gasteiger partial charge in [-0.2, -0.15) is 0 Å². The summed E-state index contributed by atoms with van der Waals surface area (Å²) in [4.78, 5) is 16.6. The van der Waals surface area contributed by atoms with Crippen molar-refractivity contribution in [2.24, 2.45) is 5.92 Å². The highest BCUT2D eigenvalue weighted by atomic mass is 32.2. The normalized spacial score (nSPS) is 20.0. The molecule has 2 atom stereocenters. The zero-order valence-electron chi connectivity index (χ0n) is 12.8. The number of sulfone groups is 1. The monoisotopic (exact) mass is 330 g/mol. The van der Waals surface area contributed by atoms with Crippen LogP contribution < -0.4 is 5.32 Å². The number of rotatable bonds is 5. The first kappa shape index (κ1) is 15.7. The van der Waals surface area contributed by atoms with Crippen LogP contribution in [0.2, 0.25) is 0 Å². The van der Waals surface area contributed by atoms with Crippen LogP contribution in [0.3, 0.4) is 0 Å². The molecule has 0 bridgehead atoms. The standard InChI is InChI=1S/C17H18N2O3S/c1-2-23(21,22)14-7-5-13(6-8-14)19-17(20)16-10-15(16)12-4-3-9-18-11-12/h3-9,11,15-16H,2,10H2,1H3,(H,19,20)/t15-,16-/m0/s1. The molecule has 3 rings (SSSR count). The lowest BCUT2D eigenvalue weighted by atomic mass is 10.1. The topological polar surface area (TPSA) is 76.1 Å². The Kier molecular flexibility index (Phi) is 4.17. The smallest absolute Gasteiger partial charge is 0.228 e. The quantitative estimate of drug-likeness (QED) is 0.914. The summed E-state index contributed by atoms with van der Waals surface area (Å²) >= 11 is 0. The first-order chi connectivity index (χ1) is 11.0. The molecule has 0 aliphatic heterocycles. The molecule has 1 saturated carbocycles. The van der Waals surface area contributed by atoms with E-state index in [2.05, 4.69) is 10.3 Å². The van der Waals surface area contributed by atoms with Crippen LogP contribution in [0.15, 0.2) is 53.7 Å². The summed E-state index contributed by atoms with van der Waals surface area (Å²) in [5, 5.41) is 2.85. The van der Waals surface area contributed by atoms with Gasteiger partial charge in [0.05, 0.1) is 10.6 Å². The molecule has 1 N–H and O–H groups in total. The molecule has 1 aromatic carbocycles. The van der Waals surface area contributed by atoms with Gasteiger partial charge in [-0.25, -0.2) is 8.42 Å². The van der Waals surface area contributed by atoms with Gasteiger partial charge in [-0.15, -0.1) is 0 Å². The minimum Gasteiger partial charge on any atom is -0.326 e. The van der Waals surface area contributed by atoms with Crippen molar-refractivity contribution in [2.45, 2.75) is 24.2 Å². The van der Waals surface area contributed by atoms with E-state index in [4.69, 9.17) is 0 Å². The first-order valence-electron chi connectivity index (χ1n) is 7.55. The zero-order valence-corrected chi connectivity index (χ0v) is 13.6. The van der Waals surface area contributed by atoms with Gasteiger partial charge in [-0.3, -0.25) is 9.78 Å². The van der Waals surface area contributed by atoms with E-state index in [1.807, 2.05) is 12.1 Å². The summed E-state index contributed by atoms with van der Waals surface area (Å²) in [6.45, 7) is 1.61. The number of carbonyl (C=O) groups is 1. The van der Waals surface area contributed by atoms with Gasteiger partial charge in [0.25, 0.3) is 0 Å². The third-order valence-electron chi connectivity index (χ3n) is 4.10. The average Bonchev–Trinajstić information content (AvgIpc) is 3.37. The van der Waals surface area contributed by atoms with Crippen molar-refractivity contribution in [1.29, 1.82) is 0 Å². The van der Waals surface area contributed by atoms with E-state index in [1.54, 1.807) is 31.5 Å². The van der Waals surface area contributed by atoms with Crippen LogP contribution in [0.1, 0.15) is 24.8 Å². The van der Waals surface area contributed by atoms with Gasteiger partial charge in [0.2, 0.25) is 5.91 Å². The number of pyridine rings is 1. The van der Waals surface area contributed by atoms with Gasteiger partial charge in [-0.05, 0) is 48.2 Å².